The Morgan fingerprint density at radius 3 is 3.03 bits per heavy atom. The van der Waals surface area contributed by atoms with Gasteiger partial charge in [-0.1, -0.05) is 24.0 Å². The molecule has 1 unspecified atom stereocenters. The minimum absolute atomic E-state index is 0.00388. The number of aliphatic hydroxyl groups is 1. The number of nitrogens with zero attached hydrogens (tertiary/aromatic N) is 3. The number of carbonyl (C=O) groups is 2. The molecule has 0 aliphatic carbocycles. The van der Waals surface area contributed by atoms with Crippen LogP contribution in [0.4, 0.5) is 0 Å². The molecule has 1 aromatic carbocycles. The summed E-state index contributed by atoms with van der Waals surface area (Å²) in [4.78, 5) is 29.8. The van der Waals surface area contributed by atoms with Gasteiger partial charge in [-0.3, -0.25) is 9.59 Å². The van der Waals surface area contributed by atoms with Crippen LogP contribution in [0.3, 0.4) is 0 Å². The van der Waals surface area contributed by atoms with Gasteiger partial charge in [-0.15, -0.1) is 0 Å². The Balaban J connectivity index is 1.84. The van der Waals surface area contributed by atoms with Crippen LogP contribution in [-0.4, -0.2) is 58.8 Å². The molecule has 3 rings (SSSR count). The van der Waals surface area contributed by atoms with E-state index in [1.807, 2.05) is 18.2 Å². The van der Waals surface area contributed by atoms with Crippen LogP contribution in [0.25, 0.3) is 0 Å². The van der Waals surface area contributed by atoms with Gasteiger partial charge in [-0.2, -0.15) is 0 Å². The molecule has 1 aromatic rings. The molecule has 0 saturated carbocycles. The predicted molar refractivity (Wildman–Crippen MR) is 107 cm³/mol. The molecule has 0 saturated heterocycles. The lowest BCUT2D eigenvalue weighted by Gasteiger charge is -2.31. The van der Waals surface area contributed by atoms with Crippen molar-refractivity contribution in [1.29, 1.82) is 0 Å². The van der Waals surface area contributed by atoms with Crippen LogP contribution in [0.1, 0.15) is 17.5 Å². The number of benzene rings is 1. The van der Waals surface area contributed by atoms with Crippen molar-refractivity contribution in [2.24, 2.45) is 16.5 Å². The molecular formula is C20H22N6O3. The van der Waals surface area contributed by atoms with E-state index in [9.17, 15) is 14.7 Å². The van der Waals surface area contributed by atoms with Gasteiger partial charge in [0.05, 0.1) is 5.71 Å². The molecule has 2 aliphatic heterocycles. The number of rotatable bonds is 6. The Morgan fingerprint density at radius 1 is 1.52 bits per heavy atom. The average Bonchev–Trinajstić information content (AvgIpc) is 3.21. The van der Waals surface area contributed by atoms with E-state index in [-0.39, 0.29) is 17.7 Å². The third-order valence-electron chi connectivity index (χ3n) is 4.49. The van der Waals surface area contributed by atoms with Crippen molar-refractivity contribution in [2.45, 2.75) is 18.7 Å². The maximum Gasteiger partial charge on any atom is 0.271 e. The van der Waals surface area contributed by atoms with E-state index >= 15 is 0 Å². The number of hydrogen-bond acceptors (Lipinski definition) is 7. The van der Waals surface area contributed by atoms with Crippen LogP contribution in [0.5, 0.6) is 0 Å². The molecule has 0 bridgehead atoms. The zero-order valence-corrected chi connectivity index (χ0v) is 15.9. The first-order chi connectivity index (χ1) is 13.9. The van der Waals surface area contributed by atoms with E-state index in [0.717, 1.165) is 5.56 Å². The van der Waals surface area contributed by atoms with Gasteiger partial charge in [0.15, 0.2) is 5.70 Å². The number of carbonyl (C=O) groups excluding carboxylic acids is 2. The van der Waals surface area contributed by atoms with Crippen LogP contribution in [0.15, 0.2) is 53.2 Å². The Labute approximate surface area is 168 Å². The molecule has 29 heavy (non-hydrogen) atoms. The second-order valence-corrected chi connectivity index (χ2v) is 6.63. The highest BCUT2D eigenvalue weighted by Gasteiger charge is 2.34. The smallest absolute Gasteiger partial charge is 0.271 e. The zero-order chi connectivity index (χ0) is 21.0. The second-order valence-electron chi connectivity index (χ2n) is 6.63. The molecule has 2 aliphatic rings. The van der Waals surface area contributed by atoms with Crippen molar-refractivity contribution < 1.29 is 14.7 Å². The molecule has 0 fully saturated rings. The van der Waals surface area contributed by atoms with Crippen molar-refractivity contribution in [2.75, 3.05) is 13.6 Å². The number of nitrogens with two attached hydrogens (primary N) is 2. The van der Waals surface area contributed by atoms with Crippen LogP contribution >= 0.6 is 0 Å². The van der Waals surface area contributed by atoms with Gasteiger partial charge in [0.2, 0.25) is 6.41 Å². The van der Waals surface area contributed by atoms with Crippen molar-refractivity contribution >= 4 is 18.0 Å². The fourth-order valence-electron chi connectivity index (χ4n) is 2.95. The standard InChI is InChI=1S/C20H22N6O3/c1-25(12-27)9-7-15(28)6-5-13-3-2-4-14(11-13)16-20-23-8-10-26(20)18(21)17(24-16)19(22)29/h2-4,8,10-12,15,20,23,28H,7,9,21H2,1H3,(H2,22,29)/t15-,20?/m0/s1. The molecule has 2 atom stereocenters. The summed E-state index contributed by atoms with van der Waals surface area (Å²) in [7, 11) is 1.64. The molecule has 2 heterocycles. The number of nitrogens with one attached hydrogen (secondary N) is 1. The lowest BCUT2D eigenvalue weighted by molar-refractivity contribution is -0.117. The average molecular weight is 394 g/mol. The lowest BCUT2D eigenvalue weighted by atomic mass is 10.0. The maximum atomic E-state index is 11.7. The highest BCUT2D eigenvalue weighted by Crippen LogP contribution is 2.24. The Hall–Kier alpha value is -3.77. The first-order valence-corrected chi connectivity index (χ1v) is 8.95. The lowest BCUT2D eigenvalue weighted by Crippen LogP contribution is -2.48. The van der Waals surface area contributed by atoms with Crippen molar-refractivity contribution in [3.05, 3.63) is 59.3 Å². The quantitative estimate of drug-likeness (QED) is 0.361. The number of aliphatic hydroxyl groups excluding tert-OH is 1. The monoisotopic (exact) mass is 394 g/mol. The number of fused-ring (bicyclic) bond motifs is 1. The van der Waals surface area contributed by atoms with Gasteiger partial charge in [0.25, 0.3) is 5.91 Å². The molecule has 0 aromatic heterocycles. The summed E-state index contributed by atoms with van der Waals surface area (Å²) < 4.78 is 0. The predicted octanol–water partition coefficient (Wildman–Crippen LogP) is -1.00. The normalized spacial score (nSPS) is 18.2. The summed E-state index contributed by atoms with van der Waals surface area (Å²) in [5, 5.41) is 13.1. The largest absolute Gasteiger partial charge is 0.383 e. The fraction of sp³-hybridized carbons (Fsp3) is 0.250. The van der Waals surface area contributed by atoms with E-state index in [1.165, 1.54) is 4.90 Å². The Kier molecular flexibility index (Phi) is 5.85. The van der Waals surface area contributed by atoms with Crippen LogP contribution in [0.2, 0.25) is 0 Å². The summed E-state index contributed by atoms with van der Waals surface area (Å²) in [5.74, 6) is 5.18. The van der Waals surface area contributed by atoms with Crippen molar-refractivity contribution in [3.8, 4) is 11.8 Å². The summed E-state index contributed by atoms with van der Waals surface area (Å²) >= 11 is 0. The molecule has 2 amide bonds. The van der Waals surface area contributed by atoms with E-state index in [4.69, 9.17) is 11.5 Å². The van der Waals surface area contributed by atoms with Crippen LogP contribution in [-0.2, 0) is 9.59 Å². The van der Waals surface area contributed by atoms with Crippen molar-refractivity contribution in [3.63, 3.8) is 0 Å². The third-order valence-corrected chi connectivity index (χ3v) is 4.49. The molecule has 0 radical (unpaired) electrons. The van der Waals surface area contributed by atoms with Gasteiger partial charge in [0.1, 0.15) is 18.1 Å². The molecule has 9 nitrogen and oxygen atoms in total. The van der Waals surface area contributed by atoms with Gasteiger partial charge in [-0.25, -0.2) is 4.99 Å². The molecule has 6 N–H and O–H groups in total. The summed E-state index contributed by atoms with van der Waals surface area (Å²) in [5.41, 5.74) is 13.4. The fourth-order valence-corrected chi connectivity index (χ4v) is 2.95. The summed E-state index contributed by atoms with van der Waals surface area (Å²) in [6, 6.07) is 7.28. The number of hydrogen-bond donors (Lipinski definition) is 4. The van der Waals surface area contributed by atoms with E-state index < -0.39 is 12.0 Å². The van der Waals surface area contributed by atoms with E-state index in [1.54, 1.807) is 30.4 Å². The van der Waals surface area contributed by atoms with Crippen LogP contribution < -0.4 is 16.8 Å². The maximum absolute atomic E-state index is 11.7. The van der Waals surface area contributed by atoms with Gasteiger partial charge in [-0.05, 0) is 12.1 Å². The number of aliphatic imine (C=N–C) groups is 1. The molecule has 150 valence electrons. The van der Waals surface area contributed by atoms with Gasteiger partial charge in [0, 0.05) is 43.5 Å². The highest BCUT2D eigenvalue weighted by molar-refractivity contribution is 6.09. The topological polar surface area (TPSA) is 137 Å². The summed E-state index contributed by atoms with van der Waals surface area (Å²) in [6.07, 6.45) is 3.28. The Bertz CT molecular complexity index is 972. The second kappa shape index (κ2) is 8.50. The zero-order valence-electron chi connectivity index (χ0n) is 15.9. The van der Waals surface area contributed by atoms with Gasteiger partial charge < -0.3 is 31.7 Å². The van der Waals surface area contributed by atoms with E-state index in [2.05, 4.69) is 22.2 Å². The minimum atomic E-state index is -0.853. The van der Waals surface area contributed by atoms with Gasteiger partial charge >= 0.3 is 0 Å². The van der Waals surface area contributed by atoms with Crippen molar-refractivity contribution in [1.82, 2.24) is 15.1 Å². The molecule has 0 spiro atoms. The molecular weight excluding hydrogens is 372 g/mol. The summed E-state index contributed by atoms with van der Waals surface area (Å²) in [6.45, 7) is 0.413. The third kappa shape index (κ3) is 4.39. The first-order valence-electron chi connectivity index (χ1n) is 8.95. The SMILES string of the molecule is CN(C=O)CC[C@@H](O)C#Cc1cccc(C2=NC(C(N)=O)=C(N)N3C=CNC23)c1. The molecule has 9 heteroatoms. The minimum Gasteiger partial charge on any atom is -0.383 e. The number of primary amides is 1. The van der Waals surface area contributed by atoms with Crippen LogP contribution in [0, 0.1) is 11.8 Å². The highest BCUT2D eigenvalue weighted by atomic mass is 16.3. The van der Waals surface area contributed by atoms with E-state index in [0.29, 0.717) is 30.7 Å². The number of amides is 2. The first kappa shape index (κ1) is 20.0. The Morgan fingerprint density at radius 2 is 2.31 bits per heavy atom.